The number of ether oxygens (including phenoxy) is 21. The molecule has 0 aliphatic rings. The summed E-state index contributed by atoms with van der Waals surface area (Å²) in [5, 5.41) is 0. The number of carbonyl (C=O) groups excluding carboxylic acids is 8. The minimum atomic E-state index is -1.04. The van der Waals surface area contributed by atoms with Gasteiger partial charge in [0.2, 0.25) is 0 Å². The fourth-order valence-electron chi connectivity index (χ4n) is 6.71. The zero-order chi connectivity index (χ0) is 78.7. The molecule has 0 amide bonds. The van der Waals surface area contributed by atoms with Crippen molar-refractivity contribution in [1.82, 2.24) is 0 Å². The molecule has 0 aromatic rings. The van der Waals surface area contributed by atoms with E-state index in [0.29, 0.717) is 0 Å². The van der Waals surface area contributed by atoms with Gasteiger partial charge in [-0.3, -0.25) is 38.4 Å². The Morgan fingerprint density at radius 3 is 0.417 bits per heavy atom. The predicted octanol–water partition coefficient (Wildman–Crippen LogP) is 9.47. The summed E-state index contributed by atoms with van der Waals surface area (Å²) in [7, 11) is 0. The number of alkyl halides is 8. The second-order valence-electron chi connectivity index (χ2n) is 26.7. The summed E-state index contributed by atoms with van der Waals surface area (Å²) >= 11 is 15.9. The van der Waals surface area contributed by atoms with Crippen LogP contribution in [-0.2, 0) is 138 Å². The quantitative estimate of drug-likeness (QED) is 0.0180. The van der Waals surface area contributed by atoms with Gasteiger partial charge in [-0.1, -0.05) is 181 Å². The molecule has 0 aliphatic carbocycles. The average molecular weight is 2380 g/mol. The first-order valence-electron chi connectivity index (χ1n) is 33.2. The first-order chi connectivity index (χ1) is 47.5. The van der Waals surface area contributed by atoms with Gasteiger partial charge in [0.1, 0.15) is 117 Å². The van der Waals surface area contributed by atoms with E-state index >= 15 is 0 Å². The number of halogens is 8. The second kappa shape index (κ2) is 54.7. The number of hydrogen-bond acceptors (Lipinski definition) is 29. The monoisotopic (exact) mass is 2380 g/mol. The van der Waals surface area contributed by atoms with E-state index in [1.807, 2.05) is 181 Å². The Labute approximate surface area is 717 Å². The summed E-state index contributed by atoms with van der Waals surface area (Å²) in [6.45, 7) is 25.2. The molecule has 604 valence electrons. The lowest BCUT2D eigenvalue weighted by Crippen LogP contribution is -2.42. The van der Waals surface area contributed by atoms with Crippen molar-refractivity contribution in [2.75, 3.05) is 185 Å². The van der Waals surface area contributed by atoms with Crippen LogP contribution in [-0.4, -0.2) is 297 Å². The van der Waals surface area contributed by atoms with Crippen LogP contribution >= 0.6 is 181 Å². The highest BCUT2D eigenvalue weighted by Gasteiger charge is 2.33. The molecular formula is C66H110I8O29. The van der Waals surface area contributed by atoms with Gasteiger partial charge in [0.25, 0.3) is 0 Å². The van der Waals surface area contributed by atoms with Crippen LogP contribution in [0.4, 0.5) is 0 Å². The molecule has 0 bridgehead atoms. The Morgan fingerprint density at radius 1 is 0.194 bits per heavy atom. The van der Waals surface area contributed by atoms with E-state index < -0.39 is 112 Å². The highest BCUT2D eigenvalue weighted by molar-refractivity contribution is 14.1. The van der Waals surface area contributed by atoms with Crippen molar-refractivity contribution < 1.29 is 138 Å². The molecule has 0 N–H and O–H groups in total. The lowest BCUT2D eigenvalue weighted by molar-refractivity contribution is -0.180. The van der Waals surface area contributed by atoms with Crippen molar-refractivity contribution in [3.05, 3.63) is 0 Å². The van der Waals surface area contributed by atoms with Gasteiger partial charge in [0, 0.05) is 0 Å². The lowest BCUT2D eigenvalue weighted by Gasteiger charge is -2.30. The number of rotatable bonds is 62. The molecule has 0 radical (unpaired) electrons. The van der Waals surface area contributed by atoms with Crippen molar-refractivity contribution in [2.24, 2.45) is 0 Å². The maximum Gasteiger partial charge on any atom is 0.321 e. The van der Waals surface area contributed by atoms with Crippen LogP contribution < -0.4 is 0 Å². The third kappa shape index (κ3) is 56.0. The molecule has 0 fully saturated rings. The van der Waals surface area contributed by atoms with Gasteiger partial charge in [-0.05, 0) is 111 Å². The molecular weight excluding hydrogens is 2270 g/mol. The topological polar surface area (TPSA) is 330 Å². The molecule has 0 saturated heterocycles. The Morgan fingerprint density at radius 2 is 0.311 bits per heavy atom. The SMILES string of the molecule is CC(C)(I)C(=O)OCCOCC(COCCOC(=O)C(C)(C)I)OCC(COC(COCCOC(=O)C(C)(C)I)COCCOC(=O)C(C)(C)I)OC(COC(COCCOC(=O)C(C)(C)I)COCCOC(=O)C(C)(C)I)COC(COCCOC(=O)C(C)(C)I)COCCOC(=O)C(C)(C)I. The molecule has 0 aliphatic heterocycles. The Kier molecular flexibility index (Phi) is 55.3. The second-order valence-corrected chi connectivity index (χ2v) is 48.2. The van der Waals surface area contributed by atoms with Crippen LogP contribution in [0.25, 0.3) is 0 Å². The van der Waals surface area contributed by atoms with Gasteiger partial charge < -0.3 is 99.5 Å². The van der Waals surface area contributed by atoms with Crippen molar-refractivity contribution >= 4 is 228 Å². The van der Waals surface area contributed by atoms with E-state index in [4.69, 9.17) is 99.5 Å². The normalized spacial score (nSPS) is 13.0. The van der Waals surface area contributed by atoms with Crippen LogP contribution in [0.2, 0.25) is 0 Å². The molecule has 0 spiro atoms. The molecule has 29 nitrogen and oxygen atoms in total. The van der Waals surface area contributed by atoms with E-state index in [2.05, 4.69) is 0 Å². The molecule has 37 heteroatoms. The Hall–Kier alpha value is 1.08. The number of esters is 8. The summed E-state index contributed by atoms with van der Waals surface area (Å²) < 4.78 is 119. The van der Waals surface area contributed by atoms with Gasteiger partial charge in [-0.15, -0.1) is 0 Å². The Bertz CT molecular complexity index is 1950. The van der Waals surface area contributed by atoms with E-state index in [1.165, 1.54) is 0 Å². The fraction of sp³-hybridized carbons (Fsp3) is 0.879. The third-order valence-electron chi connectivity index (χ3n) is 12.5. The fourth-order valence-corrected chi connectivity index (χ4v) is 7.96. The van der Waals surface area contributed by atoms with Crippen LogP contribution in [0, 0.1) is 0 Å². The molecule has 0 saturated carbocycles. The molecule has 0 aromatic carbocycles. The van der Waals surface area contributed by atoms with E-state index in [9.17, 15) is 38.4 Å². The van der Waals surface area contributed by atoms with Crippen molar-refractivity contribution in [1.29, 1.82) is 0 Å². The largest absolute Gasteiger partial charge is 0.462 e. The van der Waals surface area contributed by atoms with Gasteiger partial charge in [0.05, 0.1) is 132 Å². The summed E-state index contributed by atoms with van der Waals surface area (Å²) in [5.41, 5.74) is 0. The van der Waals surface area contributed by atoms with Gasteiger partial charge in [0.15, 0.2) is 0 Å². The minimum Gasteiger partial charge on any atom is -0.462 e. The summed E-state index contributed by atoms with van der Waals surface area (Å²) in [4.78, 5) is 101. The van der Waals surface area contributed by atoms with Crippen molar-refractivity contribution in [3.63, 3.8) is 0 Å². The van der Waals surface area contributed by atoms with Gasteiger partial charge in [-0.2, -0.15) is 0 Å². The number of carbonyl (C=O) groups is 8. The van der Waals surface area contributed by atoms with Crippen LogP contribution in [0.1, 0.15) is 111 Å². The van der Waals surface area contributed by atoms with Crippen LogP contribution in [0.3, 0.4) is 0 Å². The predicted molar refractivity (Wildman–Crippen MR) is 447 cm³/mol. The average Bonchev–Trinajstić information content (AvgIpc) is 0.944. The first kappa shape index (κ1) is 104. The van der Waals surface area contributed by atoms with Crippen molar-refractivity contribution in [2.45, 2.75) is 175 Å². The highest BCUT2D eigenvalue weighted by Crippen LogP contribution is 2.24. The van der Waals surface area contributed by atoms with Crippen molar-refractivity contribution in [3.8, 4) is 0 Å². The maximum absolute atomic E-state index is 12.6. The lowest BCUT2D eigenvalue weighted by atomic mass is 10.2. The summed E-state index contributed by atoms with van der Waals surface area (Å²) in [6.07, 6.45) is -5.46. The number of hydrogen-bond donors (Lipinski definition) is 0. The van der Waals surface area contributed by atoms with Gasteiger partial charge in [-0.25, -0.2) is 0 Å². The highest BCUT2D eigenvalue weighted by atomic mass is 127. The van der Waals surface area contributed by atoms with E-state index in [-0.39, 0.29) is 185 Å². The van der Waals surface area contributed by atoms with E-state index in [1.54, 1.807) is 111 Å². The Balaban J connectivity index is 7.92. The summed E-state index contributed by atoms with van der Waals surface area (Å²) in [5.74, 6) is -3.49. The zero-order valence-electron chi connectivity index (χ0n) is 62.1. The molecule has 0 aromatic heterocycles. The first-order valence-corrected chi connectivity index (χ1v) is 41.8. The standard InChI is InChI=1S/C66H110I8O29/c1-59(2,67)51(75)91-25-17-83-33-45(34-84-18-26-92-52(76)60(3,4)68)99-41-49(42-100-46(35-85-19-27-93-53(77)61(5,6)69)36-86-20-28-94-54(78)62(7,8)70)103-50(43-101-47(37-87-21-29-95-55(79)63(9,10)71)38-88-22-30-96-56(80)64(11,12)72)44-102-48(39-89-23-31-97-57(81)65(13,14)73)40-90-24-32-98-58(82)66(15,16)74/h45-50H,17-44H2,1-16H3. The van der Waals surface area contributed by atoms with Gasteiger partial charge >= 0.3 is 47.8 Å². The molecule has 0 unspecified atom stereocenters. The molecule has 0 rings (SSSR count). The molecule has 0 heterocycles. The summed E-state index contributed by atoms with van der Waals surface area (Å²) in [6, 6.07) is 0. The minimum absolute atomic E-state index is 0.0115. The van der Waals surface area contributed by atoms with E-state index in [0.717, 1.165) is 0 Å². The van der Waals surface area contributed by atoms with Crippen LogP contribution in [0.5, 0.6) is 0 Å². The zero-order valence-corrected chi connectivity index (χ0v) is 79.4. The molecule has 103 heavy (non-hydrogen) atoms. The third-order valence-corrected chi connectivity index (χ3v) is 16.0. The molecule has 0 atom stereocenters. The maximum atomic E-state index is 12.6. The smallest absolute Gasteiger partial charge is 0.321 e. The van der Waals surface area contributed by atoms with Crippen LogP contribution in [0.15, 0.2) is 0 Å².